The summed E-state index contributed by atoms with van der Waals surface area (Å²) in [7, 11) is 0. The van der Waals surface area contributed by atoms with Crippen molar-refractivity contribution in [2.75, 3.05) is 31.1 Å². The number of hydrogen-bond donors (Lipinski definition) is 1. The molecule has 1 aliphatic heterocycles. The maximum Gasteiger partial charge on any atom is 0.341 e. The summed E-state index contributed by atoms with van der Waals surface area (Å²) in [6.07, 6.45) is 1.32. The number of aryl methyl sites for hydroxylation is 1. The van der Waals surface area contributed by atoms with Crippen molar-refractivity contribution in [3.05, 3.63) is 87.7 Å². The van der Waals surface area contributed by atoms with Crippen molar-refractivity contribution in [2.45, 2.75) is 20.0 Å². The van der Waals surface area contributed by atoms with Gasteiger partial charge in [0, 0.05) is 56.2 Å². The van der Waals surface area contributed by atoms with Gasteiger partial charge in [0.1, 0.15) is 17.2 Å². The number of fused-ring (bicyclic) bond motifs is 2. The monoisotopic (exact) mass is 513 g/mol. The van der Waals surface area contributed by atoms with Crippen molar-refractivity contribution >= 4 is 45.7 Å². The summed E-state index contributed by atoms with van der Waals surface area (Å²) in [5.74, 6) is -2.10. The smallest absolute Gasteiger partial charge is 0.341 e. The molecule has 0 atom stereocenters. The van der Waals surface area contributed by atoms with E-state index in [1.807, 2.05) is 36.1 Å². The lowest BCUT2D eigenvalue weighted by Crippen LogP contribution is -2.46. The summed E-state index contributed by atoms with van der Waals surface area (Å²) in [5.41, 5.74) is 0.911. The Balaban J connectivity index is 0.00000304. The fraction of sp³-hybridized carbons (Fsp3) is 0.259. The molecule has 0 bridgehead atoms. The molecule has 0 radical (unpaired) electrons. The van der Waals surface area contributed by atoms with Crippen molar-refractivity contribution in [3.63, 3.8) is 0 Å². The molecule has 0 spiro atoms. The SMILES string of the molecule is CCn1cc(C(=O)O)c(=O)c2cc(F)c(N3CCN(Cc4ccc(F)c5ccccc45)CC3)cc21.Cl. The molecule has 4 aromatic rings. The number of aromatic nitrogens is 1. The van der Waals surface area contributed by atoms with Crippen LogP contribution in [0.4, 0.5) is 14.5 Å². The number of benzene rings is 3. The predicted molar refractivity (Wildman–Crippen MR) is 139 cm³/mol. The zero-order valence-corrected chi connectivity index (χ0v) is 20.5. The maximum atomic E-state index is 15.1. The lowest BCUT2D eigenvalue weighted by atomic mass is 10.0. The molecule has 5 rings (SSSR count). The number of carboxylic acids is 1. The molecular formula is C27H26ClF2N3O3. The van der Waals surface area contributed by atoms with E-state index >= 15 is 4.39 Å². The number of anilines is 1. The van der Waals surface area contributed by atoms with Gasteiger partial charge < -0.3 is 14.6 Å². The molecule has 1 saturated heterocycles. The van der Waals surface area contributed by atoms with E-state index in [1.165, 1.54) is 12.3 Å². The van der Waals surface area contributed by atoms with E-state index < -0.39 is 17.2 Å². The number of carbonyl (C=O) groups is 1. The average Bonchev–Trinajstić information content (AvgIpc) is 2.86. The van der Waals surface area contributed by atoms with Crippen molar-refractivity contribution in [2.24, 2.45) is 0 Å². The average molecular weight is 514 g/mol. The fourth-order valence-corrected chi connectivity index (χ4v) is 4.91. The predicted octanol–water partition coefficient (Wildman–Crippen LogP) is 4.90. The van der Waals surface area contributed by atoms with Gasteiger partial charge in [0.15, 0.2) is 0 Å². The molecule has 3 aromatic carbocycles. The van der Waals surface area contributed by atoms with Crippen LogP contribution in [0.1, 0.15) is 22.8 Å². The van der Waals surface area contributed by atoms with Crippen molar-refractivity contribution in [1.29, 1.82) is 0 Å². The van der Waals surface area contributed by atoms with Crippen LogP contribution >= 0.6 is 12.4 Å². The van der Waals surface area contributed by atoms with Gasteiger partial charge in [-0.2, -0.15) is 0 Å². The Morgan fingerprint density at radius 1 is 0.944 bits per heavy atom. The fourth-order valence-electron chi connectivity index (χ4n) is 4.91. The highest BCUT2D eigenvalue weighted by molar-refractivity contribution is 5.93. The van der Waals surface area contributed by atoms with Crippen LogP contribution in [-0.2, 0) is 13.1 Å². The highest BCUT2D eigenvalue weighted by Crippen LogP contribution is 2.28. The Hall–Kier alpha value is -3.49. The maximum absolute atomic E-state index is 15.1. The molecule has 0 amide bonds. The third-order valence-corrected chi connectivity index (χ3v) is 6.79. The summed E-state index contributed by atoms with van der Waals surface area (Å²) in [5, 5.41) is 10.9. The number of carboxylic acid groups (broad SMARTS) is 1. The molecule has 1 aliphatic rings. The van der Waals surface area contributed by atoms with Crippen molar-refractivity contribution in [3.8, 4) is 0 Å². The van der Waals surface area contributed by atoms with Crippen LogP contribution in [0.2, 0.25) is 0 Å². The third-order valence-electron chi connectivity index (χ3n) is 6.79. The lowest BCUT2D eigenvalue weighted by molar-refractivity contribution is 0.0695. The molecule has 6 nitrogen and oxygen atoms in total. The number of hydrogen-bond acceptors (Lipinski definition) is 4. The standard InChI is InChI=1S/C27H25F2N3O3.ClH/c1-2-31-16-21(27(34)35)26(33)20-13-23(29)25(14-24(20)31)32-11-9-30(10-12-32)15-17-7-8-22(28)19-6-4-3-5-18(17)19;/h3-8,13-14,16H,2,9-12,15H2,1H3,(H,34,35);1H. The highest BCUT2D eigenvalue weighted by atomic mass is 35.5. The Labute approximate surface area is 212 Å². The zero-order chi connectivity index (χ0) is 24.7. The van der Waals surface area contributed by atoms with E-state index in [0.717, 1.165) is 17.0 Å². The van der Waals surface area contributed by atoms with Crippen molar-refractivity contribution < 1.29 is 18.7 Å². The minimum absolute atomic E-state index is 0. The zero-order valence-electron chi connectivity index (χ0n) is 19.7. The summed E-state index contributed by atoms with van der Waals surface area (Å²) < 4.78 is 31.0. The van der Waals surface area contributed by atoms with Gasteiger partial charge in [-0.15, -0.1) is 12.4 Å². The van der Waals surface area contributed by atoms with E-state index in [-0.39, 0.29) is 29.2 Å². The Morgan fingerprint density at radius 2 is 1.64 bits per heavy atom. The molecular weight excluding hydrogens is 488 g/mol. The third kappa shape index (κ3) is 4.54. The van der Waals surface area contributed by atoms with Gasteiger partial charge in [-0.3, -0.25) is 9.69 Å². The molecule has 9 heteroatoms. The molecule has 36 heavy (non-hydrogen) atoms. The number of nitrogens with zero attached hydrogens (tertiary/aromatic N) is 3. The molecule has 1 N–H and O–H groups in total. The van der Waals surface area contributed by atoms with Crippen LogP contribution in [0.15, 0.2) is 59.5 Å². The topological polar surface area (TPSA) is 65.8 Å². The molecule has 188 valence electrons. The lowest BCUT2D eigenvalue weighted by Gasteiger charge is -2.36. The molecule has 1 fully saturated rings. The Bertz CT molecular complexity index is 1510. The summed E-state index contributed by atoms with van der Waals surface area (Å²) in [6, 6.07) is 13.6. The summed E-state index contributed by atoms with van der Waals surface area (Å²) in [4.78, 5) is 28.3. The van der Waals surface area contributed by atoms with Crippen LogP contribution in [0, 0.1) is 11.6 Å². The van der Waals surface area contributed by atoms with Gasteiger partial charge >= 0.3 is 5.97 Å². The second kappa shape index (κ2) is 10.2. The van der Waals surface area contributed by atoms with Gasteiger partial charge in [-0.1, -0.05) is 30.3 Å². The minimum atomic E-state index is -1.33. The quantitative estimate of drug-likeness (QED) is 0.411. The molecule has 1 aromatic heterocycles. The normalized spacial score (nSPS) is 14.2. The van der Waals surface area contributed by atoms with Crippen LogP contribution in [0.5, 0.6) is 0 Å². The van der Waals surface area contributed by atoms with Gasteiger partial charge in [0.2, 0.25) is 5.43 Å². The summed E-state index contributed by atoms with van der Waals surface area (Å²) in [6.45, 7) is 5.53. The van der Waals surface area contributed by atoms with E-state index in [4.69, 9.17) is 0 Å². The first kappa shape index (κ1) is 25.6. The van der Waals surface area contributed by atoms with Crippen LogP contribution in [0.3, 0.4) is 0 Å². The number of rotatable bonds is 5. The largest absolute Gasteiger partial charge is 0.477 e. The van der Waals surface area contributed by atoms with E-state index in [0.29, 0.717) is 55.9 Å². The first-order valence-corrected chi connectivity index (χ1v) is 11.6. The van der Waals surface area contributed by atoms with Gasteiger partial charge in [0.25, 0.3) is 0 Å². The van der Waals surface area contributed by atoms with Crippen LogP contribution in [0.25, 0.3) is 21.7 Å². The van der Waals surface area contributed by atoms with Gasteiger partial charge in [-0.05, 0) is 36.1 Å². The number of pyridine rings is 1. The van der Waals surface area contributed by atoms with Gasteiger partial charge in [-0.25, -0.2) is 13.6 Å². The second-order valence-electron chi connectivity index (χ2n) is 8.80. The molecule has 0 aliphatic carbocycles. The Kier molecular flexibility index (Phi) is 7.28. The van der Waals surface area contributed by atoms with Crippen molar-refractivity contribution in [1.82, 2.24) is 9.47 Å². The van der Waals surface area contributed by atoms with E-state index in [9.17, 15) is 19.1 Å². The van der Waals surface area contributed by atoms with Gasteiger partial charge in [0.05, 0.1) is 11.2 Å². The highest BCUT2D eigenvalue weighted by Gasteiger charge is 2.23. The second-order valence-corrected chi connectivity index (χ2v) is 8.80. The molecule has 2 heterocycles. The van der Waals surface area contributed by atoms with Crippen LogP contribution in [-0.4, -0.2) is 46.7 Å². The molecule has 0 saturated carbocycles. The summed E-state index contributed by atoms with van der Waals surface area (Å²) >= 11 is 0. The van der Waals surface area contributed by atoms with E-state index in [2.05, 4.69) is 4.90 Å². The minimum Gasteiger partial charge on any atom is -0.477 e. The molecule has 0 unspecified atom stereocenters. The number of halogens is 3. The number of piperazine rings is 1. The number of aromatic carboxylic acids is 1. The van der Waals surface area contributed by atoms with Crippen LogP contribution < -0.4 is 10.3 Å². The Morgan fingerprint density at radius 3 is 2.31 bits per heavy atom. The first-order chi connectivity index (χ1) is 16.9. The van der Waals surface area contributed by atoms with E-state index in [1.54, 1.807) is 16.7 Å². The first-order valence-electron chi connectivity index (χ1n) is 11.6.